The molecule has 5 N–H and O–H groups in total. The number of nitrogens with zero attached hydrogens (tertiary/aromatic N) is 1. The molecular weight excluding hydrogens is 196 g/mol. The fourth-order valence-electron chi connectivity index (χ4n) is 1.97. The van der Waals surface area contributed by atoms with Gasteiger partial charge in [-0.05, 0) is 31.8 Å². The van der Waals surface area contributed by atoms with Gasteiger partial charge in [-0.25, -0.2) is 0 Å². The van der Waals surface area contributed by atoms with Gasteiger partial charge in [-0.1, -0.05) is 0 Å². The zero-order valence-corrected chi connectivity index (χ0v) is 8.29. The standard InChI is InChI=1S/C9H14N4O2/c10-9-12-7(14)6(8(15)13-9)5-1-3-11-4-2-5/h5,11H,1-4H2,(H4,10,12,13,14,15). The average Bonchev–Trinajstić information content (AvgIpc) is 2.17. The molecule has 0 saturated carbocycles. The molecule has 1 aliphatic heterocycles. The van der Waals surface area contributed by atoms with Gasteiger partial charge in [0.1, 0.15) is 0 Å². The molecule has 82 valence electrons. The van der Waals surface area contributed by atoms with Crippen LogP contribution >= 0.6 is 0 Å². The van der Waals surface area contributed by atoms with E-state index in [0.29, 0.717) is 5.56 Å². The Morgan fingerprint density at radius 3 is 2.67 bits per heavy atom. The number of hydrogen-bond acceptors (Lipinski definition) is 5. The molecule has 2 rings (SSSR count). The highest BCUT2D eigenvalue weighted by Gasteiger charge is 2.22. The number of nitrogens with two attached hydrogens (primary N) is 1. The first-order valence-corrected chi connectivity index (χ1v) is 4.98. The van der Waals surface area contributed by atoms with E-state index in [1.165, 1.54) is 0 Å². The molecule has 0 unspecified atom stereocenters. The number of piperidine rings is 1. The van der Waals surface area contributed by atoms with Crippen LogP contribution in [0.3, 0.4) is 0 Å². The summed E-state index contributed by atoms with van der Waals surface area (Å²) in [5.74, 6) is -0.207. The second kappa shape index (κ2) is 3.90. The van der Waals surface area contributed by atoms with Gasteiger partial charge in [0.15, 0.2) is 0 Å². The fourth-order valence-corrected chi connectivity index (χ4v) is 1.97. The number of H-pyrrole nitrogens is 1. The molecule has 1 fully saturated rings. The number of nitrogens with one attached hydrogen (secondary N) is 2. The van der Waals surface area contributed by atoms with E-state index < -0.39 is 0 Å². The van der Waals surface area contributed by atoms with E-state index in [9.17, 15) is 9.90 Å². The van der Waals surface area contributed by atoms with Crippen molar-refractivity contribution in [3.05, 3.63) is 15.9 Å². The third kappa shape index (κ3) is 1.94. The van der Waals surface area contributed by atoms with Crippen molar-refractivity contribution < 1.29 is 5.11 Å². The minimum Gasteiger partial charge on any atom is -0.493 e. The van der Waals surface area contributed by atoms with Crippen LogP contribution in [-0.2, 0) is 0 Å². The highest BCUT2D eigenvalue weighted by atomic mass is 16.3. The van der Waals surface area contributed by atoms with Crippen molar-refractivity contribution in [3.63, 3.8) is 0 Å². The molecule has 0 aliphatic carbocycles. The SMILES string of the molecule is Nc1nc(O)c(C2CCNCC2)c(=O)[nH]1. The molecule has 2 heterocycles. The summed E-state index contributed by atoms with van der Waals surface area (Å²) in [6.07, 6.45) is 1.67. The number of hydrogen-bond donors (Lipinski definition) is 4. The highest BCUT2D eigenvalue weighted by Crippen LogP contribution is 2.27. The molecule has 0 bridgehead atoms. The largest absolute Gasteiger partial charge is 0.493 e. The van der Waals surface area contributed by atoms with E-state index in [2.05, 4.69) is 15.3 Å². The Bertz CT molecular complexity index is 409. The Morgan fingerprint density at radius 1 is 1.40 bits per heavy atom. The van der Waals surface area contributed by atoms with Gasteiger partial charge >= 0.3 is 0 Å². The summed E-state index contributed by atoms with van der Waals surface area (Å²) in [6.45, 7) is 1.71. The first-order valence-electron chi connectivity index (χ1n) is 4.98. The van der Waals surface area contributed by atoms with Crippen molar-refractivity contribution in [2.45, 2.75) is 18.8 Å². The van der Waals surface area contributed by atoms with Crippen LogP contribution in [0, 0.1) is 0 Å². The second-order valence-electron chi connectivity index (χ2n) is 3.71. The summed E-state index contributed by atoms with van der Waals surface area (Å²) in [6, 6.07) is 0. The molecule has 0 radical (unpaired) electrons. The lowest BCUT2D eigenvalue weighted by Gasteiger charge is -2.22. The zero-order chi connectivity index (χ0) is 10.8. The number of nitrogen functional groups attached to an aromatic ring is 1. The molecule has 15 heavy (non-hydrogen) atoms. The highest BCUT2D eigenvalue weighted by molar-refractivity contribution is 5.32. The quantitative estimate of drug-likeness (QED) is 0.501. The van der Waals surface area contributed by atoms with E-state index in [0.717, 1.165) is 25.9 Å². The molecule has 0 aromatic carbocycles. The number of rotatable bonds is 1. The van der Waals surface area contributed by atoms with Crippen LogP contribution in [0.25, 0.3) is 0 Å². The zero-order valence-electron chi connectivity index (χ0n) is 8.29. The molecule has 1 aromatic heterocycles. The maximum atomic E-state index is 11.6. The van der Waals surface area contributed by atoms with Crippen molar-refractivity contribution in [2.24, 2.45) is 0 Å². The molecule has 6 heteroatoms. The first kappa shape index (κ1) is 9.97. The van der Waals surface area contributed by atoms with Crippen molar-refractivity contribution in [2.75, 3.05) is 18.8 Å². The summed E-state index contributed by atoms with van der Waals surface area (Å²) < 4.78 is 0. The lowest BCUT2D eigenvalue weighted by Crippen LogP contribution is -2.30. The van der Waals surface area contributed by atoms with Gasteiger partial charge in [0, 0.05) is 0 Å². The second-order valence-corrected chi connectivity index (χ2v) is 3.71. The van der Waals surface area contributed by atoms with Crippen LogP contribution in [-0.4, -0.2) is 28.2 Å². The normalized spacial score (nSPS) is 17.9. The molecule has 0 atom stereocenters. The third-order valence-electron chi connectivity index (χ3n) is 2.70. The van der Waals surface area contributed by atoms with Crippen molar-refractivity contribution >= 4 is 5.95 Å². The maximum Gasteiger partial charge on any atom is 0.259 e. The van der Waals surface area contributed by atoms with Gasteiger partial charge in [-0.15, -0.1) is 0 Å². The van der Waals surface area contributed by atoms with Crippen molar-refractivity contribution in [1.29, 1.82) is 0 Å². The lowest BCUT2D eigenvalue weighted by atomic mass is 9.91. The van der Waals surface area contributed by atoms with Crippen molar-refractivity contribution in [1.82, 2.24) is 15.3 Å². The Balaban J connectivity index is 2.38. The Kier molecular flexibility index (Phi) is 2.59. The Labute approximate surface area is 86.5 Å². The van der Waals surface area contributed by atoms with Gasteiger partial charge in [0.05, 0.1) is 5.56 Å². The van der Waals surface area contributed by atoms with Gasteiger partial charge in [0.25, 0.3) is 5.56 Å². The maximum absolute atomic E-state index is 11.6. The minimum atomic E-state index is -0.327. The summed E-state index contributed by atoms with van der Waals surface area (Å²) in [5, 5.41) is 12.8. The van der Waals surface area contributed by atoms with Gasteiger partial charge in [-0.2, -0.15) is 4.98 Å². The molecular formula is C9H14N4O2. The predicted molar refractivity (Wildman–Crippen MR) is 55.8 cm³/mol. The van der Waals surface area contributed by atoms with Gasteiger partial charge in [0.2, 0.25) is 11.8 Å². The lowest BCUT2D eigenvalue weighted by molar-refractivity contribution is 0.408. The van der Waals surface area contributed by atoms with E-state index in [-0.39, 0.29) is 23.3 Å². The van der Waals surface area contributed by atoms with E-state index in [1.807, 2.05) is 0 Å². The number of anilines is 1. The number of aromatic nitrogens is 2. The number of aromatic amines is 1. The topological polar surface area (TPSA) is 104 Å². The molecule has 0 amide bonds. The molecule has 1 saturated heterocycles. The first-order chi connectivity index (χ1) is 7.18. The third-order valence-corrected chi connectivity index (χ3v) is 2.70. The number of aromatic hydroxyl groups is 1. The predicted octanol–water partition coefficient (Wildman–Crippen LogP) is -0.475. The Morgan fingerprint density at radius 2 is 2.07 bits per heavy atom. The van der Waals surface area contributed by atoms with Crippen LogP contribution in [0.2, 0.25) is 0 Å². The van der Waals surface area contributed by atoms with Crippen LogP contribution < -0.4 is 16.6 Å². The summed E-state index contributed by atoms with van der Waals surface area (Å²) >= 11 is 0. The van der Waals surface area contributed by atoms with Crippen LogP contribution in [0.5, 0.6) is 5.88 Å². The van der Waals surface area contributed by atoms with Crippen LogP contribution in [0.15, 0.2) is 4.79 Å². The van der Waals surface area contributed by atoms with Crippen molar-refractivity contribution in [3.8, 4) is 5.88 Å². The Hall–Kier alpha value is -1.56. The minimum absolute atomic E-state index is 0.0461. The summed E-state index contributed by atoms with van der Waals surface area (Å²) in [7, 11) is 0. The molecule has 6 nitrogen and oxygen atoms in total. The molecule has 1 aliphatic rings. The molecule has 0 spiro atoms. The smallest absolute Gasteiger partial charge is 0.259 e. The van der Waals surface area contributed by atoms with E-state index in [1.54, 1.807) is 0 Å². The summed E-state index contributed by atoms with van der Waals surface area (Å²) in [4.78, 5) is 17.7. The van der Waals surface area contributed by atoms with Gasteiger partial charge < -0.3 is 16.2 Å². The van der Waals surface area contributed by atoms with Gasteiger partial charge in [-0.3, -0.25) is 9.78 Å². The molecule has 1 aromatic rings. The monoisotopic (exact) mass is 210 g/mol. The van der Waals surface area contributed by atoms with E-state index in [4.69, 9.17) is 5.73 Å². The average molecular weight is 210 g/mol. The van der Waals surface area contributed by atoms with Crippen LogP contribution in [0.4, 0.5) is 5.95 Å². The fraction of sp³-hybridized carbons (Fsp3) is 0.556. The van der Waals surface area contributed by atoms with Crippen LogP contribution in [0.1, 0.15) is 24.3 Å². The summed E-state index contributed by atoms with van der Waals surface area (Å²) in [5.41, 5.74) is 5.36. The van der Waals surface area contributed by atoms with E-state index >= 15 is 0 Å².